The van der Waals surface area contributed by atoms with Crippen molar-refractivity contribution < 1.29 is 24.5 Å². The first kappa shape index (κ1) is 47.3. The SMILES string of the molecule is CC(C)Cc1cc(-c2[c-]cccc2)ncc1[Si](C)(C)C.Cc1nccc2c1oc1c(-c3nc4ccccc4n3-c3c(-c4ccccc4)cc(C(C)(C)C)cc3-c3ccccc3)[c-]cc(C)c12.[Ir]. The van der Waals surface area contributed by atoms with E-state index in [0.717, 1.165) is 101 Å². The smallest absolute Gasteiger partial charge is 0.142 e. The summed E-state index contributed by atoms with van der Waals surface area (Å²) >= 11 is 0. The monoisotopic (exact) mass is 1070 g/mol. The predicted octanol–water partition coefficient (Wildman–Crippen LogP) is 15.3. The average molecular weight is 1070 g/mol. The fourth-order valence-electron chi connectivity index (χ4n) is 9.09. The molecule has 0 saturated heterocycles. The summed E-state index contributed by atoms with van der Waals surface area (Å²) in [5.41, 5.74) is 16.8. The number of imidazole rings is 1. The second kappa shape index (κ2) is 19.2. The Bertz CT molecular complexity index is 3280. The van der Waals surface area contributed by atoms with Crippen LogP contribution in [0.5, 0.6) is 0 Å². The van der Waals surface area contributed by atoms with Crippen molar-refractivity contribution in [3.05, 3.63) is 186 Å². The van der Waals surface area contributed by atoms with Crippen molar-refractivity contribution in [2.45, 2.75) is 79.9 Å². The minimum Gasteiger partial charge on any atom is -0.499 e. The van der Waals surface area contributed by atoms with E-state index in [1.807, 2.05) is 43.5 Å². The Morgan fingerprint density at radius 1 is 0.731 bits per heavy atom. The van der Waals surface area contributed by atoms with Crippen LogP contribution in [-0.2, 0) is 31.9 Å². The van der Waals surface area contributed by atoms with Gasteiger partial charge in [-0.1, -0.05) is 157 Å². The molecule has 4 aromatic heterocycles. The van der Waals surface area contributed by atoms with Gasteiger partial charge in [-0.2, -0.15) is 0 Å². The number of nitrogens with zero attached hydrogens (tertiary/aromatic N) is 4. The Kier molecular flexibility index (Phi) is 13.5. The van der Waals surface area contributed by atoms with Gasteiger partial charge in [-0.25, -0.2) is 0 Å². The van der Waals surface area contributed by atoms with E-state index in [9.17, 15) is 0 Å². The molecule has 6 aromatic carbocycles. The second-order valence-electron chi connectivity index (χ2n) is 19.9. The molecule has 0 aliphatic rings. The van der Waals surface area contributed by atoms with Gasteiger partial charge >= 0.3 is 0 Å². The van der Waals surface area contributed by atoms with Gasteiger partial charge in [-0.05, 0) is 82.6 Å². The molecule has 4 heterocycles. The Morgan fingerprint density at radius 3 is 1.99 bits per heavy atom. The van der Waals surface area contributed by atoms with Gasteiger partial charge in [0.1, 0.15) is 5.58 Å². The van der Waals surface area contributed by atoms with Crippen LogP contribution >= 0.6 is 0 Å². The van der Waals surface area contributed by atoms with Crippen LogP contribution in [0.1, 0.15) is 57.0 Å². The zero-order valence-electron chi connectivity index (χ0n) is 40.2. The van der Waals surface area contributed by atoms with Crippen molar-refractivity contribution in [1.29, 1.82) is 0 Å². The summed E-state index contributed by atoms with van der Waals surface area (Å²) in [7, 11) is -1.34. The van der Waals surface area contributed by atoms with E-state index in [2.05, 4.69) is 203 Å². The fourth-order valence-corrected chi connectivity index (χ4v) is 10.7. The summed E-state index contributed by atoms with van der Waals surface area (Å²) in [5.74, 6) is 1.45. The summed E-state index contributed by atoms with van der Waals surface area (Å²) in [4.78, 5) is 14.5. The van der Waals surface area contributed by atoms with Gasteiger partial charge in [0.25, 0.3) is 0 Å². The van der Waals surface area contributed by atoms with Crippen LogP contribution in [0.15, 0.2) is 156 Å². The number of aromatic nitrogens is 4. The molecule has 0 aliphatic heterocycles. The average Bonchev–Trinajstić information content (AvgIpc) is 3.90. The number of fused-ring (bicyclic) bond motifs is 4. The van der Waals surface area contributed by atoms with Crippen LogP contribution in [-0.4, -0.2) is 27.6 Å². The minimum absolute atomic E-state index is 0. The van der Waals surface area contributed by atoms with Crippen LogP contribution in [0.4, 0.5) is 0 Å². The van der Waals surface area contributed by atoms with Crippen molar-refractivity contribution in [3.63, 3.8) is 0 Å². The van der Waals surface area contributed by atoms with E-state index in [-0.39, 0.29) is 25.5 Å². The summed E-state index contributed by atoms with van der Waals surface area (Å²) < 4.78 is 9.01. The molecular weight excluding hydrogens is 1010 g/mol. The number of benzene rings is 6. The zero-order chi connectivity index (χ0) is 46.3. The van der Waals surface area contributed by atoms with Gasteiger partial charge in [0.15, 0.2) is 0 Å². The Labute approximate surface area is 410 Å². The number of furan rings is 1. The van der Waals surface area contributed by atoms with Crippen molar-refractivity contribution >= 4 is 46.2 Å². The summed E-state index contributed by atoms with van der Waals surface area (Å²) in [6, 6.07) is 55.8. The van der Waals surface area contributed by atoms with Crippen LogP contribution < -0.4 is 5.19 Å². The van der Waals surface area contributed by atoms with Crippen LogP contribution in [0.2, 0.25) is 19.6 Å². The molecule has 0 saturated carbocycles. The number of hydrogen-bond acceptors (Lipinski definition) is 4. The van der Waals surface area contributed by atoms with Gasteiger partial charge in [-0.3, -0.25) is 9.97 Å². The molecule has 0 amide bonds. The van der Waals surface area contributed by atoms with Crippen LogP contribution in [0.25, 0.3) is 83.6 Å². The van der Waals surface area contributed by atoms with Crippen molar-refractivity contribution in [2.24, 2.45) is 5.92 Å². The molecule has 67 heavy (non-hydrogen) atoms. The first-order valence-corrected chi connectivity index (χ1v) is 26.6. The maximum absolute atomic E-state index is 6.68. The van der Waals surface area contributed by atoms with Gasteiger partial charge < -0.3 is 14.0 Å². The Morgan fingerprint density at radius 2 is 1.37 bits per heavy atom. The van der Waals surface area contributed by atoms with Gasteiger partial charge in [0.2, 0.25) is 0 Å². The molecule has 5 nitrogen and oxygen atoms in total. The molecule has 0 fully saturated rings. The van der Waals surface area contributed by atoms with Gasteiger partial charge in [-0.15, -0.1) is 53.6 Å². The van der Waals surface area contributed by atoms with Gasteiger partial charge in [0, 0.05) is 49.0 Å². The van der Waals surface area contributed by atoms with Crippen LogP contribution in [0.3, 0.4) is 0 Å². The van der Waals surface area contributed by atoms with E-state index in [1.54, 1.807) is 0 Å². The molecule has 0 N–H and O–H groups in total. The molecule has 7 heteroatoms. The van der Waals surface area contributed by atoms with Gasteiger partial charge in [0.05, 0.1) is 41.9 Å². The third-order valence-corrected chi connectivity index (χ3v) is 14.5. The molecule has 0 spiro atoms. The van der Waals surface area contributed by atoms with E-state index in [1.165, 1.54) is 16.3 Å². The summed E-state index contributed by atoms with van der Waals surface area (Å²) in [6.45, 7) is 22.7. The van der Waals surface area contributed by atoms with E-state index >= 15 is 0 Å². The molecule has 0 aliphatic carbocycles. The molecule has 10 aromatic rings. The van der Waals surface area contributed by atoms with E-state index < -0.39 is 8.07 Å². The van der Waals surface area contributed by atoms with Crippen molar-refractivity contribution in [1.82, 2.24) is 19.5 Å². The first-order valence-electron chi connectivity index (χ1n) is 23.1. The summed E-state index contributed by atoms with van der Waals surface area (Å²) in [5, 5.41) is 3.62. The predicted molar refractivity (Wildman–Crippen MR) is 279 cm³/mol. The third kappa shape index (κ3) is 9.51. The van der Waals surface area contributed by atoms with Crippen molar-refractivity contribution in [2.75, 3.05) is 0 Å². The minimum atomic E-state index is -1.34. The van der Waals surface area contributed by atoms with Crippen LogP contribution in [0, 0.1) is 31.9 Å². The number of rotatable bonds is 8. The zero-order valence-corrected chi connectivity index (χ0v) is 43.6. The van der Waals surface area contributed by atoms with E-state index in [0.29, 0.717) is 5.92 Å². The maximum atomic E-state index is 6.68. The molecule has 0 atom stereocenters. The Balaban J connectivity index is 0.000000244. The topological polar surface area (TPSA) is 56.7 Å². The Hall–Kier alpha value is -6.24. The van der Waals surface area contributed by atoms with E-state index in [4.69, 9.17) is 9.40 Å². The molecular formula is C60H58IrN4OSi-2. The number of hydrogen-bond donors (Lipinski definition) is 0. The number of para-hydroxylation sites is 2. The number of aryl methyl sites for hydroxylation is 2. The normalized spacial score (nSPS) is 11.8. The molecule has 10 rings (SSSR count). The quantitative estimate of drug-likeness (QED) is 0.112. The number of pyridine rings is 2. The third-order valence-electron chi connectivity index (χ3n) is 12.4. The van der Waals surface area contributed by atoms with Crippen molar-refractivity contribution in [3.8, 4) is 50.6 Å². The largest absolute Gasteiger partial charge is 0.499 e. The molecule has 0 unspecified atom stereocenters. The standard InChI is InChI=1S/C42H34N3O.C18H24NSi.Ir/c1-26-20-21-32(40-37(26)31-22-23-43-27(2)39(31)46-40)41-44-35-18-12-13-19-36(35)45(41)38-33(28-14-8-6-9-15-28)24-30(42(3,4)5)25-34(38)29-16-10-7-11-17-29;1-14(2)11-16-12-17(15-9-7-6-8-10-15)19-13-18(16)20(3,4)5;/h6-20,22-25H,1-5H3;6-9,12-14H,11H2,1-5H3;/q2*-1;. The summed E-state index contributed by atoms with van der Waals surface area (Å²) in [6.07, 6.45) is 5.09. The first-order chi connectivity index (χ1) is 31.7. The maximum Gasteiger partial charge on any atom is 0.142 e. The fraction of sp³-hybridized carbons (Fsp3) is 0.217. The molecule has 0 bridgehead atoms. The molecule has 339 valence electrons. The second-order valence-corrected chi connectivity index (χ2v) is 25.0. The molecule has 1 radical (unpaired) electrons.